The summed E-state index contributed by atoms with van der Waals surface area (Å²) in [4.78, 5) is 11.3. The molecule has 1 atom stereocenters. The Bertz CT molecular complexity index is 284. The van der Waals surface area contributed by atoms with E-state index in [0.29, 0.717) is 6.61 Å². The van der Waals surface area contributed by atoms with Gasteiger partial charge in [0.15, 0.2) is 0 Å². The van der Waals surface area contributed by atoms with Gasteiger partial charge >= 0.3 is 5.97 Å². The van der Waals surface area contributed by atoms with Gasteiger partial charge in [0.2, 0.25) is 0 Å². The zero-order chi connectivity index (χ0) is 12.9. The maximum atomic E-state index is 11.3. The van der Waals surface area contributed by atoms with Gasteiger partial charge in [0.1, 0.15) is 6.10 Å². The summed E-state index contributed by atoms with van der Waals surface area (Å²) in [6.45, 7) is 4.45. The molecular formula is C14H22O3. The lowest BCUT2D eigenvalue weighted by atomic mass is 10.2. The van der Waals surface area contributed by atoms with Crippen LogP contribution in [0.15, 0.2) is 12.2 Å². The number of carbonyl (C=O) groups excluding carboxylic acids is 1. The van der Waals surface area contributed by atoms with E-state index in [1.807, 2.05) is 6.08 Å². The highest BCUT2D eigenvalue weighted by molar-refractivity contribution is 5.88. The van der Waals surface area contributed by atoms with Gasteiger partial charge in [-0.2, -0.15) is 0 Å². The smallest absolute Gasteiger partial charge is 0.384 e. The molecule has 0 bridgehead atoms. The molecule has 0 aliphatic carbocycles. The van der Waals surface area contributed by atoms with E-state index in [1.54, 1.807) is 20.1 Å². The third-order valence-electron chi connectivity index (χ3n) is 2.06. The summed E-state index contributed by atoms with van der Waals surface area (Å²) in [5.74, 6) is 4.84. The third-order valence-corrected chi connectivity index (χ3v) is 2.06. The second-order valence-electron chi connectivity index (χ2n) is 3.75. The van der Waals surface area contributed by atoms with Crippen LogP contribution in [-0.4, -0.2) is 25.8 Å². The number of unbranched alkanes of at least 4 members (excludes halogenated alkanes) is 3. The van der Waals surface area contributed by atoms with Crippen molar-refractivity contribution in [3.8, 4) is 11.8 Å². The third kappa shape index (κ3) is 11.0. The van der Waals surface area contributed by atoms with Crippen molar-refractivity contribution in [2.24, 2.45) is 0 Å². The highest BCUT2D eigenvalue weighted by Gasteiger charge is 2.01. The summed E-state index contributed by atoms with van der Waals surface area (Å²) in [5, 5.41) is 0. The summed E-state index contributed by atoms with van der Waals surface area (Å²) in [5.41, 5.74) is 0. The minimum atomic E-state index is -0.462. The molecule has 96 valence electrons. The number of esters is 1. The van der Waals surface area contributed by atoms with Crippen LogP contribution in [0.2, 0.25) is 0 Å². The lowest BCUT2D eigenvalue weighted by Crippen LogP contribution is -2.10. The summed E-state index contributed by atoms with van der Waals surface area (Å²) in [6, 6.07) is 0. The molecule has 0 amide bonds. The second-order valence-corrected chi connectivity index (χ2v) is 3.75. The van der Waals surface area contributed by atoms with E-state index < -0.39 is 5.97 Å². The van der Waals surface area contributed by atoms with Crippen LogP contribution in [0.4, 0.5) is 0 Å². The van der Waals surface area contributed by atoms with E-state index in [2.05, 4.69) is 18.8 Å². The van der Waals surface area contributed by atoms with Gasteiger partial charge in [0.05, 0.1) is 6.61 Å². The largest absolute Gasteiger partial charge is 0.449 e. The second kappa shape index (κ2) is 11.2. The molecule has 0 saturated heterocycles. The van der Waals surface area contributed by atoms with Crippen molar-refractivity contribution in [1.82, 2.24) is 0 Å². The molecule has 0 aromatic rings. The van der Waals surface area contributed by atoms with Crippen molar-refractivity contribution in [2.75, 3.05) is 13.7 Å². The molecule has 3 nitrogen and oxygen atoms in total. The number of carbonyl (C=O) groups is 1. The summed E-state index contributed by atoms with van der Waals surface area (Å²) in [7, 11) is 1.61. The molecule has 0 aliphatic heterocycles. The minimum Gasteiger partial charge on any atom is -0.449 e. The van der Waals surface area contributed by atoms with E-state index in [4.69, 9.17) is 9.47 Å². The van der Waals surface area contributed by atoms with Crippen LogP contribution >= 0.6 is 0 Å². The number of hydrogen-bond acceptors (Lipinski definition) is 3. The fourth-order valence-corrected chi connectivity index (χ4v) is 1.18. The first-order valence-corrected chi connectivity index (χ1v) is 6.05. The molecule has 0 rings (SSSR count). The zero-order valence-corrected chi connectivity index (χ0v) is 11.0. The van der Waals surface area contributed by atoms with Crippen LogP contribution in [-0.2, 0) is 14.3 Å². The summed E-state index contributed by atoms with van der Waals surface area (Å²) >= 11 is 0. The molecule has 0 unspecified atom stereocenters. The van der Waals surface area contributed by atoms with Crippen LogP contribution < -0.4 is 0 Å². The molecular weight excluding hydrogens is 216 g/mol. The Hall–Kier alpha value is -1.27. The molecule has 0 saturated carbocycles. The molecule has 0 aromatic heterocycles. The average Bonchev–Trinajstić information content (AvgIpc) is 2.29. The Morgan fingerprint density at radius 1 is 1.41 bits per heavy atom. The van der Waals surface area contributed by atoms with Crippen LogP contribution in [0.5, 0.6) is 0 Å². The molecule has 0 spiro atoms. The number of ether oxygens (including phenoxy) is 2. The Morgan fingerprint density at radius 2 is 2.18 bits per heavy atom. The molecule has 17 heavy (non-hydrogen) atoms. The van der Waals surface area contributed by atoms with Crippen LogP contribution in [0, 0.1) is 11.8 Å². The topological polar surface area (TPSA) is 35.5 Å². The first kappa shape index (κ1) is 15.7. The zero-order valence-electron chi connectivity index (χ0n) is 11.0. The first-order chi connectivity index (χ1) is 8.20. The highest BCUT2D eigenvalue weighted by atomic mass is 16.5. The SMILES string of the molecule is CCCCCC#CC(=O)O[C@@H](C)/C=C/COC. The number of rotatable bonds is 7. The molecule has 3 heteroatoms. The minimum absolute atomic E-state index is 0.261. The van der Waals surface area contributed by atoms with Crippen molar-refractivity contribution < 1.29 is 14.3 Å². The van der Waals surface area contributed by atoms with E-state index in [0.717, 1.165) is 25.7 Å². The van der Waals surface area contributed by atoms with Crippen molar-refractivity contribution in [3.63, 3.8) is 0 Å². The van der Waals surface area contributed by atoms with Crippen molar-refractivity contribution >= 4 is 5.97 Å². The fraction of sp³-hybridized carbons (Fsp3) is 0.643. The van der Waals surface area contributed by atoms with Crippen molar-refractivity contribution in [3.05, 3.63) is 12.2 Å². The molecule has 0 aromatic carbocycles. The lowest BCUT2D eigenvalue weighted by molar-refractivity contribution is -0.139. The predicted molar refractivity (Wildman–Crippen MR) is 68.5 cm³/mol. The van der Waals surface area contributed by atoms with Gasteiger partial charge in [0.25, 0.3) is 0 Å². The normalized spacial score (nSPS) is 11.9. The fourth-order valence-electron chi connectivity index (χ4n) is 1.18. The van der Waals surface area contributed by atoms with Gasteiger partial charge < -0.3 is 9.47 Å². The van der Waals surface area contributed by atoms with Gasteiger partial charge in [0, 0.05) is 19.5 Å². The van der Waals surface area contributed by atoms with Gasteiger partial charge in [-0.3, -0.25) is 0 Å². The Morgan fingerprint density at radius 3 is 2.82 bits per heavy atom. The molecule has 0 aliphatic rings. The Kier molecular flexibility index (Phi) is 10.4. The Labute approximate surface area is 104 Å². The molecule has 0 radical (unpaired) electrons. The summed E-state index contributed by atoms with van der Waals surface area (Å²) in [6.07, 6.45) is 7.44. The van der Waals surface area contributed by atoms with Crippen LogP contribution in [0.3, 0.4) is 0 Å². The van der Waals surface area contributed by atoms with Gasteiger partial charge in [-0.05, 0) is 19.4 Å². The predicted octanol–water partition coefficient (Wildman–Crippen LogP) is 2.70. The van der Waals surface area contributed by atoms with E-state index in [1.165, 1.54) is 0 Å². The van der Waals surface area contributed by atoms with Crippen LogP contribution in [0.25, 0.3) is 0 Å². The van der Waals surface area contributed by atoms with E-state index in [-0.39, 0.29) is 6.10 Å². The van der Waals surface area contributed by atoms with Gasteiger partial charge in [-0.25, -0.2) is 4.79 Å². The highest BCUT2D eigenvalue weighted by Crippen LogP contribution is 1.97. The molecule has 0 fully saturated rings. The molecule has 0 N–H and O–H groups in total. The average molecular weight is 238 g/mol. The van der Waals surface area contributed by atoms with Crippen molar-refractivity contribution in [1.29, 1.82) is 0 Å². The van der Waals surface area contributed by atoms with E-state index >= 15 is 0 Å². The number of hydrogen-bond donors (Lipinski definition) is 0. The monoisotopic (exact) mass is 238 g/mol. The van der Waals surface area contributed by atoms with Crippen LogP contribution in [0.1, 0.15) is 39.5 Å². The Balaban J connectivity index is 3.76. The van der Waals surface area contributed by atoms with Gasteiger partial charge in [-0.1, -0.05) is 31.8 Å². The number of methoxy groups -OCH3 is 1. The van der Waals surface area contributed by atoms with Crippen molar-refractivity contribution in [2.45, 2.75) is 45.6 Å². The maximum absolute atomic E-state index is 11.3. The maximum Gasteiger partial charge on any atom is 0.384 e. The molecule has 0 heterocycles. The quantitative estimate of drug-likeness (QED) is 0.225. The van der Waals surface area contributed by atoms with E-state index in [9.17, 15) is 4.79 Å². The van der Waals surface area contributed by atoms with Gasteiger partial charge in [-0.15, -0.1) is 0 Å². The summed E-state index contributed by atoms with van der Waals surface area (Å²) < 4.78 is 9.89. The standard InChI is InChI=1S/C14H22O3/c1-4-5-6-7-8-11-14(15)17-13(2)10-9-12-16-3/h9-10,13H,4-7,12H2,1-3H3/b10-9+/t13-/m0/s1. The first-order valence-electron chi connectivity index (χ1n) is 6.05. The lowest BCUT2D eigenvalue weighted by Gasteiger charge is -2.04.